The second-order valence-electron chi connectivity index (χ2n) is 8.00. The monoisotopic (exact) mass is 559 g/mol. The molecule has 172 valence electrons. The van der Waals surface area contributed by atoms with Gasteiger partial charge in [0, 0.05) is 37.4 Å². The van der Waals surface area contributed by atoms with Gasteiger partial charge in [-0.05, 0) is 62.8 Å². The lowest BCUT2D eigenvalue weighted by atomic mass is 10.2. The van der Waals surface area contributed by atoms with Crippen LogP contribution in [0.2, 0.25) is 0 Å². The third kappa shape index (κ3) is 10.3. The molecule has 2 heterocycles. The van der Waals surface area contributed by atoms with Crippen LogP contribution < -0.4 is 10.6 Å². The molecule has 0 radical (unpaired) electrons. The van der Waals surface area contributed by atoms with E-state index in [1.54, 1.807) is 35.7 Å². The maximum atomic E-state index is 12.6. The van der Waals surface area contributed by atoms with Gasteiger partial charge >= 0.3 is 6.09 Å². The summed E-state index contributed by atoms with van der Waals surface area (Å²) in [4.78, 5) is 24.1. The fraction of sp³-hybridized carbons (Fsp3) is 0.500. The van der Waals surface area contributed by atoms with E-state index in [1.807, 2.05) is 32.9 Å². The van der Waals surface area contributed by atoms with Gasteiger partial charge in [-0.1, -0.05) is 6.07 Å². The van der Waals surface area contributed by atoms with Crippen molar-refractivity contribution in [3.63, 3.8) is 0 Å². The Bertz CT molecular complexity index is 821. The fourth-order valence-corrected chi connectivity index (χ4v) is 3.57. The van der Waals surface area contributed by atoms with Gasteiger partial charge in [-0.3, -0.25) is 9.98 Å². The zero-order valence-corrected chi connectivity index (χ0v) is 22.1. The average molecular weight is 560 g/mol. The van der Waals surface area contributed by atoms with Gasteiger partial charge in [0.2, 0.25) is 0 Å². The van der Waals surface area contributed by atoms with Crippen molar-refractivity contribution >= 4 is 47.4 Å². The number of pyridine rings is 1. The maximum Gasteiger partial charge on any atom is 0.410 e. The average Bonchev–Trinajstić information content (AvgIpc) is 3.10. The smallest absolute Gasteiger partial charge is 0.410 e. The predicted molar refractivity (Wildman–Crippen MR) is 138 cm³/mol. The van der Waals surface area contributed by atoms with E-state index in [4.69, 9.17) is 4.74 Å². The van der Waals surface area contributed by atoms with E-state index >= 15 is 0 Å². The topological polar surface area (TPSA) is 78.9 Å². The Morgan fingerprint density at radius 2 is 2.06 bits per heavy atom. The number of aliphatic imine (C=N–C) groups is 1. The van der Waals surface area contributed by atoms with Crippen molar-refractivity contribution in [1.82, 2.24) is 20.5 Å². The minimum Gasteiger partial charge on any atom is -0.444 e. The van der Waals surface area contributed by atoms with Crippen LogP contribution in [0.25, 0.3) is 0 Å². The van der Waals surface area contributed by atoms with Crippen molar-refractivity contribution in [2.24, 2.45) is 4.99 Å². The molecule has 1 amide bonds. The molecule has 2 aromatic heterocycles. The molecular weight excluding hydrogens is 525 g/mol. The summed E-state index contributed by atoms with van der Waals surface area (Å²) >= 11 is 1.73. The number of hydrogen-bond acceptors (Lipinski definition) is 5. The van der Waals surface area contributed by atoms with Gasteiger partial charge in [0.1, 0.15) is 5.60 Å². The van der Waals surface area contributed by atoms with Crippen LogP contribution >= 0.6 is 35.3 Å². The third-order valence-corrected chi connectivity index (χ3v) is 5.28. The highest BCUT2D eigenvalue weighted by Crippen LogP contribution is 2.15. The first-order valence-electron chi connectivity index (χ1n) is 10.1. The molecule has 0 aliphatic carbocycles. The van der Waals surface area contributed by atoms with Crippen LogP contribution in [0.1, 0.15) is 43.2 Å². The van der Waals surface area contributed by atoms with Crippen LogP contribution in [0.5, 0.6) is 0 Å². The number of thiophene rings is 1. The van der Waals surface area contributed by atoms with E-state index in [9.17, 15) is 4.79 Å². The quantitative estimate of drug-likeness (QED) is 0.215. The van der Waals surface area contributed by atoms with E-state index in [0.29, 0.717) is 19.6 Å². The summed E-state index contributed by atoms with van der Waals surface area (Å²) < 4.78 is 5.57. The third-order valence-electron chi connectivity index (χ3n) is 4.25. The molecule has 2 rings (SSSR count). The summed E-state index contributed by atoms with van der Waals surface area (Å²) in [7, 11) is 1.76. The lowest BCUT2D eigenvalue weighted by Gasteiger charge is -2.27. The van der Waals surface area contributed by atoms with Gasteiger partial charge in [0.05, 0.1) is 13.1 Å². The minimum absolute atomic E-state index is 0. The number of halogens is 1. The van der Waals surface area contributed by atoms with Crippen LogP contribution in [-0.2, 0) is 17.8 Å². The first-order valence-corrected chi connectivity index (χ1v) is 11.0. The van der Waals surface area contributed by atoms with Gasteiger partial charge in [-0.15, -0.1) is 35.3 Å². The molecule has 7 nitrogen and oxygen atoms in total. The molecule has 0 spiro atoms. The first kappa shape index (κ1) is 27.2. The van der Waals surface area contributed by atoms with Crippen LogP contribution in [-0.4, -0.2) is 47.7 Å². The number of nitrogens with zero attached hydrogens (tertiary/aromatic N) is 3. The van der Waals surface area contributed by atoms with Gasteiger partial charge in [0.15, 0.2) is 5.96 Å². The van der Waals surface area contributed by atoms with Crippen LogP contribution in [0.15, 0.2) is 41.0 Å². The number of aryl methyl sites for hydroxylation is 1. The molecule has 31 heavy (non-hydrogen) atoms. The van der Waals surface area contributed by atoms with Crippen LogP contribution in [0, 0.1) is 6.92 Å². The number of guanidine groups is 1. The van der Waals surface area contributed by atoms with Gasteiger partial charge < -0.3 is 20.3 Å². The predicted octanol–water partition coefficient (Wildman–Crippen LogP) is 4.56. The molecule has 0 bridgehead atoms. The SMILES string of the molecule is CN=C(NCCCN(Cc1cccnc1)C(=O)OC(C)(C)C)NCc1sccc1C.I. The molecule has 0 aromatic carbocycles. The Kier molecular flexibility index (Phi) is 11.8. The van der Waals surface area contributed by atoms with E-state index in [0.717, 1.165) is 24.5 Å². The standard InChI is InChI=1S/C22H33N5O2S.HI/c1-17-9-13-30-19(17)15-26-20(23-5)25-11-7-12-27(21(28)29-22(2,3)4)16-18-8-6-10-24-14-18;/h6,8-10,13-14H,7,11-12,15-16H2,1-5H3,(H2,23,25,26);1H. The summed E-state index contributed by atoms with van der Waals surface area (Å²) in [6.45, 7) is 10.2. The molecule has 0 saturated carbocycles. The zero-order chi connectivity index (χ0) is 22.0. The minimum atomic E-state index is -0.533. The van der Waals surface area contributed by atoms with Crippen molar-refractivity contribution in [2.45, 2.75) is 52.8 Å². The summed E-state index contributed by atoms with van der Waals surface area (Å²) in [6.07, 6.45) is 3.94. The van der Waals surface area contributed by atoms with Crippen molar-refractivity contribution in [1.29, 1.82) is 0 Å². The number of nitrogens with one attached hydrogen (secondary N) is 2. The first-order chi connectivity index (χ1) is 14.3. The lowest BCUT2D eigenvalue weighted by Crippen LogP contribution is -2.40. The van der Waals surface area contributed by atoms with Crippen molar-refractivity contribution < 1.29 is 9.53 Å². The zero-order valence-electron chi connectivity index (χ0n) is 19.0. The Balaban J connectivity index is 0.00000480. The molecule has 0 fully saturated rings. The van der Waals surface area contributed by atoms with Gasteiger partial charge in [-0.2, -0.15) is 0 Å². The van der Waals surface area contributed by atoms with Crippen LogP contribution in [0.3, 0.4) is 0 Å². The molecule has 2 aromatic rings. The van der Waals surface area contributed by atoms with Crippen LogP contribution in [0.4, 0.5) is 4.79 Å². The van der Waals surface area contributed by atoms with E-state index in [2.05, 4.69) is 39.0 Å². The number of rotatable bonds is 8. The molecular formula is C22H34IN5O2S. The Morgan fingerprint density at radius 1 is 1.29 bits per heavy atom. The summed E-state index contributed by atoms with van der Waals surface area (Å²) in [5, 5.41) is 8.73. The number of aromatic nitrogens is 1. The number of hydrogen-bond donors (Lipinski definition) is 2. The number of carbonyl (C=O) groups excluding carboxylic acids is 1. The van der Waals surface area contributed by atoms with Crippen molar-refractivity contribution in [3.8, 4) is 0 Å². The van der Waals surface area contributed by atoms with Gasteiger partial charge in [0.25, 0.3) is 0 Å². The van der Waals surface area contributed by atoms with E-state index in [-0.39, 0.29) is 30.1 Å². The Morgan fingerprint density at radius 3 is 2.65 bits per heavy atom. The molecule has 0 saturated heterocycles. The molecule has 0 unspecified atom stereocenters. The molecule has 9 heteroatoms. The summed E-state index contributed by atoms with van der Waals surface area (Å²) in [5.41, 5.74) is 1.72. The normalized spacial score (nSPS) is 11.5. The maximum absolute atomic E-state index is 12.6. The molecule has 0 aliphatic rings. The molecule has 0 atom stereocenters. The summed E-state index contributed by atoms with van der Waals surface area (Å²) in [5.74, 6) is 0.749. The van der Waals surface area contributed by atoms with Crippen molar-refractivity contribution in [2.75, 3.05) is 20.1 Å². The van der Waals surface area contributed by atoms with E-state index < -0.39 is 5.60 Å². The molecule has 2 N–H and O–H groups in total. The largest absolute Gasteiger partial charge is 0.444 e. The second-order valence-corrected chi connectivity index (χ2v) is 9.00. The summed E-state index contributed by atoms with van der Waals surface area (Å²) in [6, 6.07) is 5.95. The molecule has 0 aliphatic heterocycles. The number of amides is 1. The van der Waals surface area contributed by atoms with Crippen molar-refractivity contribution in [3.05, 3.63) is 52.0 Å². The number of carbonyl (C=O) groups is 1. The highest BCUT2D eigenvalue weighted by Gasteiger charge is 2.22. The highest BCUT2D eigenvalue weighted by atomic mass is 127. The Hall–Kier alpha value is -1.88. The Labute approximate surface area is 206 Å². The second kappa shape index (κ2) is 13.5. The number of ether oxygens (including phenoxy) is 1. The highest BCUT2D eigenvalue weighted by molar-refractivity contribution is 14.0. The lowest BCUT2D eigenvalue weighted by molar-refractivity contribution is 0.0232. The van der Waals surface area contributed by atoms with E-state index in [1.165, 1.54) is 10.4 Å². The van der Waals surface area contributed by atoms with Gasteiger partial charge in [-0.25, -0.2) is 4.79 Å². The fourth-order valence-electron chi connectivity index (χ4n) is 2.72.